The molecule has 2 aliphatic heterocycles. The third-order valence-electron chi connectivity index (χ3n) is 4.52. The monoisotopic (exact) mass is 304 g/mol. The van der Waals surface area contributed by atoms with E-state index >= 15 is 0 Å². The van der Waals surface area contributed by atoms with Crippen LogP contribution in [-0.2, 0) is 16.1 Å². The molecule has 22 heavy (non-hydrogen) atoms. The zero-order valence-corrected chi connectivity index (χ0v) is 13.5. The number of hydrogen-bond acceptors (Lipinski definition) is 5. The first-order chi connectivity index (χ1) is 10.5. The highest BCUT2D eigenvalue weighted by Crippen LogP contribution is 2.31. The Bertz CT molecular complexity index is 557. The van der Waals surface area contributed by atoms with Crippen LogP contribution in [0.15, 0.2) is 18.2 Å². The number of morpholine rings is 1. The zero-order valence-electron chi connectivity index (χ0n) is 13.5. The van der Waals surface area contributed by atoms with Gasteiger partial charge in [0.2, 0.25) is 5.91 Å². The number of carbonyl (C=O) groups is 1. The standard InChI is InChI=1S/C16H24N4O2/c1-12-5-4-6-13(18-12)7-20-10-16(11-20)9-19(3)14(8-22-16)15(21)17-2/h4-6,14H,7-11H2,1-3H3,(H,17,21)/t14-/m0/s1. The third-order valence-corrected chi connectivity index (χ3v) is 4.52. The number of likely N-dealkylation sites (N-methyl/N-ethyl adjacent to an activating group) is 2. The number of hydrogen-bond donors (Lipinski definition) is 1. The van der Waals surface area contributed by atoms with E-state index < -0.39 is 0 Å². The first-order valence-electron chi connectivity index (χ1n) is 7.72. The second-order valence-electron chi connectivity index (χ2n) is 6.45. The van der Waals surface area contributed by atoms with Gasteiger partial charge in [0, 0.05) is 38.9 Å². The van der Waals surface area contributed by atoms with Gasteiger partial charge < -0.3 is 10.1 Å². The molecule has 2 aliphatic rings. The number of amides is 1. The van der Waals surface area contributed by atoms with Crippen LogP contribution in [0.3, 0.4) is 0 Å². The Morgan fingerprint density at radius 3 is 2.86 bits per heavy atom. The molecule has 0 aliphatic carbocycles. The molecule has 0 aromatic carbocycles. The normalized spacial score (nSPS) is 25.0. The number of carbonyl (C=O) groups excluding carboxylic acids is 1. The number of ether oxygens (including phenoxy) is 1. The highest BCUT2D eigenvalue weighted by Gasteiger charge is 2.49. The minimum absolute atomic E-state index is 0.0255. The predicted octanol–water partition coefficient (Wildman–Crippen LogP) is 0.0210. The Hall–Kier alpha value is -1.50. The molecular weight excluding hydrogens is 280 g/mol. The van der Waals surface area contributed by atoms with Crippen LogP contribution in [0.25, 0.3) is 0 Å². The van der Waals surface area contributed by atoms with Gasteiger partial charge in [0.15, 0.2) is 0 Å². The van der Waals surface area contributed by atoms with Gasteiger partial charge in [0.1, 0.15) is 11.6 Å². The van der Waals surface area contributed by atoms with E-state index in [1.807, 2.05) is 26.1 Å². The van der Waals surface area contributed by atoms with Gasteiger partial charge in [-0.2, -0.15) is 0 Å². The lowest BCUT2D eigenvalue weighted by Gasteiger charge is -2.54. The molecule has 1 aromatic rings. The molecule has 1 aromatic heterocycles. The van der Waals surface area contributed by atoms with Crippen molar-refractivity contribution in [3.63, 3.8) is 0 Å². The summed E-state index contributed by atoms with van der Waals surface area (Å²) in [5.41, 5.74) is 2.03. The van der Waals surface area contributed by atoms with E-state index in [9.17, 15) is 4.79 Å². The van der Waals surface area contributed by atoms with Crippen LogP contribution in [-0.4, -0.2) is 72.7 Å². The smallest absolute Gasteiger partial charge is 0.239 e. The first kappa shape index (κ1) is 15.4. The van der Waals surface area contributed by atoms with E-state index in [-0.39, 0.29) is 17.6 Å². The molecule has 6 heteroatoms. The largest absolute Gasteiger partial charge is 0.369 e. The number of rotatable bonds is 3. The Labute approximate surface area is 131 Å². The van der Waals surface area contributed by atoms with Crippen molar-refractivity contribution >= 4 is 5.91 Å². The molecule has 2 saturated heterocycles. The van der Waals surface area contributed by atoms with Gasteiger partial charge in [-0.25, -0.2) is 0 Å². The van der Waals surface area contributed by atoms with Gasteiger partial charge in [-0.15, -0.1) is 0 Å². The van der Waals surface area contributed by atoms with Gasteiger partial charge in [-0.3, -0.25) is 19.6 Å². The summed E-state index contributed by atoms with van der Waals surface area (Å²) in [7, 11) is 3.66. The van der Waals surface area contributed by atoms with Crippen LogP contribution < -0.4 is 5.32 Å². The van der Waals surface area contributed by atoms with Crippen molar-refractivity contribution in [2.75, 3.05) is 40.3 Å². The molecule has 1 N–H and O–H groups in total. The number of pyridine rings is 1. The van der Waals surface area contributed by atoms with Crippen molar-refractivity contribution in [1.82, 2.24) is 20.1 Å². The Morgan fingerprint density at radius 2 is 2.23 bits per heavy atom. The van der Waals surface area contributed by atoms with E-state index in [1.165, 1.54) is 0 Å². The Morgan fingerprint density at radius 1 is 1.45 bits per heavy atom. The van der Waals surface area contributed by atoms with Crippen LogP contribution >= 0.6 is 0 Å². The summed E-state index contributed by atoms with van der Waals surface area (Å²) in [4.78, 5) is 20.8. The molecule has 0 unspecified atom stereocenters. The Kier molecular flexibility index (Phi) is 4.16. The lowest BCUT2D eigenvalue weighted by Crippen LogP contribution is -2.72. The number of nitrogens with zero attached hydrogens (tertiary/aromatic N) is 3. The van der Waals surface area contributed by atoms with E-state index in [4.69, 9.17) is 4.74 Å². The summed E-state index contributed by atoms with van der Waals surface area (Å²) in [6.07, 6.45) is 0. The molecular formula is C16H24N4O2. The molecule has 6 nitrogen and oxygen atoms in total. The van der Waals surface area contributed by atoms with E-state index in [0.717, 1.165) is 37.6 Å². The number of likely N-dealkylation sites (tertiary alicyclic amines) is 1. The molecule has 3 heterocycles. The van der Waals surface area contributed by atoms with Gasteiger partial charge in [-0.05, 0) is 26.1 Å². The molecule has 0 bridgehead atoms. The lowest BCUT2D eigenvalue weighted by atomic mass is 9.90. The minimum atomic E-state index is -0.178. The minimum Gasteiger partial charge on any atom is -0.369 e. The number of aryl methyl sites for hydroxylation is 1. The van der Waals surface area contributed by atoms with Crippen molar-refractivity contribution in [1.29, 1.82) is 0 Å². The molecule has 120 valence electrons. The Balaban J connectivity index is 1.54. The predicted molar refractivity (Wildman–Crippen MR) is 83.4 cm³/mol. The highest BCUT2D eigenvalue weighted by atomic mass is 16.5. The van der Waals surface area contributed by atoms with Crippen LogP contribution in [0.2, 0.25) is 0 Å². The molecule has 1 spiro atoms. The molecule has 3 rings (SSSR count). The summed E-state index contributed by atoms with van der Waals surface area (Å²) < 4.78 is 6.03. The summed E-state index contributed by atoms with van der Waals surface area (Å²) >= 11 is 0. The van der Waals surface area contributed by atoms with Crippen molar-refractivity contribution in [2.24, 2.45) is 0 Å². The summed E-state index contributed by atoms with van der Waals surface area (Å²) in [6, 6.07) is 5.95. The van der Waals surface area contributed by atoms with Crippen molar-refractivity contribution in [3.05, 3.63) is 29.6 Å². The average Bonchev–Trinajstić information content (AvgIpc) is 2.45. The third kappa shape index (κ3) is 2.99. The lowest BCUT2D eigenvalue weighted by molar-refractivity contribution is -0.198. The number of aromatic nitrogens is 1. The average molecular weight is 304 g/mol. The maximum atomic E-state index is 11.8. The van der Waals surface area contributed by atoms with Gasteiger partial charge in [0.05, 0.1) is 12.3 Å². The van der Waals surface area contributed by atoms with Crippen LogP contribution in [0.1, 0.15) is 11.4 Å². The quantitative estimate of drug-likeness (QED) is 0.853. The van der Waals surface area contributed by atoms with Gasteiger partial charge >= 0.3 is 0 Å². The van der Waals surface area contributed by atoms with Crippen molar-refractivity contribution in [2.45, 2.75) is 25.1 Å². The fourth-order valence-corrected chi connectivity index (χ4v) is 3.42. The maximum Gasteiger partial charge on any atom is 0.239 e. The van der Waals surface area contributed by atoms with Crippen molar-refractivity contribution in [3.8, 4) is 0 Å². The van der Waals surface area contributed by atoms with Gasteiger partial charge in [0.25, 0.3) is 0 Å². The highest BCUT2D eigenvalue weighted by molar-refractivity contribution is 5.81. The molecule has 0 radical (unpaired) electrons. The van der Waals surface area contributed by atoms with E-state index in [2.05, 4.69) is 26.2 Å². The van der Waals surface area contributed by atoms with Crippen LogP contribution in [0.4, 0.5) is 0 Å². The molecule has 0 saturated carbocycles. The van der Waals surface area contributed by atoms with Gasteiger partial charge in [-0.1, -0.05) is 6.07 Å². The molecule has 1 atom stereocenters. The first-order valence-corrected chi connectivity index (χ1v) is 7.72. The van der Waals surface area contributed by atoms with Crippen LogP contribution in [0.5, 0.6) is 0 Å². The molecule has 1 amide bonds. The summed E-state index contributed by atoms with van der Waals surface area (Å²) in [5.74, 6) is 0.0255. The van der Waals surface area contributed by atoms with Crippen molar-refractivity contribution < 1.29 is 9.53 Å². The second-order valence-corrected chi connectivity index (χ2v) is 6.45. The second kappa shape index (κ2) is 5.95. The topological polar surface area (TPSA) is 57.7 Å². The SMILES string of the molecule is CNC(=O)[C@@H]1COC2(CN(Cc3cccc(C)n3)C2)CN1C. The molecule has 2 fully saturated rings. The number of nitrogens with one attached hydrogen (secondary N) is 1. The fourth-order valence-electron chi connectivity index (χ4n) is 3.42. The fraction of sp³-hybridized carbons (Fsp3) is 0.625. The maximum absolute atomic E-state index is 11.8. The summed E-state index contributed by atoms with van der Waals surface area (Å²) in [5, 5.41) is 2.70. The summed E-state index contributed by atoms with van der Waals surface area (Å²) in [6.45, 7) is 5.92. The zero-order chi connectivity index (χ0) is 15.7. The van der Waals surface area contributed by atoms with Crippen LogP contribution in [0, 0.1) is 6.92 Å². The van der Waals surface area contributed by atoms with E-state index in [1.54, 1.807) is 7.05 Å². The van der Waals surface area contributed by atoms with E-state index in [0.29, 0.717) is 6.61 Å².